The van der Waals surface area contributed by atoms with Crippen molar-refractivity contribution < 1.29 is 9.53 Å². The van der Waals surface area contributed by atoms with Crippen LogP contribution in [0, 0.1) is 10.8 Å². The highest BCUT2D eigenvalue weighted by atomic mass is 16.5. The summed E-state index contributed by atoms with van der Waals surface area (Å²) in [5.74, 6) is 0.690. The Balaban J connectivity index is 1.88. The number of carbonyl (C=O) groups excluding carboxylic acids is 1. The molecule has 0 N–H and O–H groups in total. The van der Waals surface area contributed by atoms with Gasteiger partial charge < -0.3 is 9.64 Å². The molecular weight excluding hydrogens is 396 g/mol. The zero-order chi connectivity index (χ0) is 23.4. The zero-order valence-corrected chi connectivity index (χ0v) is 21.5. The normalized spacial score (nSPS) is 21.6. The van der Waals surface area contributed by atoms with Crippen LogP contribution in [0.4, 0.5) is 5.69 Å². The van der Waals surface area contributed by atoms with Crippen LogP contribution in [0.3, 0.4) is 0 Å². The summed E-state index contributed by atoms with van der Waals surface area (Å²) >= 11 is 0. The molecule has 2 fully saturated rings. The Bertz CT molecular complexity index is 747. The molecule has 2 aliphatic rings. The van der Waals surface area contributed by atoms with Crippen molar-refractivity contribution in [3.63, 3.8) is 0 Å². The van der Waals surface area contributed by atoms with E-state index >= 15 is 0 Å². The van der Waals surface area contributed by atoms with Crippen LogP contribution < -0.4 is 4.90 Å². The molecule has 0 atom stereocenters. The second kappa shape index (κ2) is 10.7. The van der Waals surface area contributed by atoms with Crippen LogP contribution >= 0.6 is 0 Å². The van der Waals surface area contributed by atoms with E-state index in [0.717, 1.165) is 31.7 Å². The Labute approximate surface area is 196 Å². The van der Waals surface area contributed by atoms with Gasteiger partial charge in [0, 0.05) is 51.0 Å². The van der Waals surface area contributed by atoms with Gasteiger partial charge in [0.25, 0.3) is 0 Å². The molecule has 0 spiro atoms. The number of benzene rings is 1. The van der Waals surface area contributed by atoms with Crippen molar-refractivity contribution >= 4 is 11.5 Å². The van der Waals surface area contributed by atoms with Crippen LogP contribution in [0.25, 0.3) is 0 Å². The number of ether oxygens (including phenoxy) is 1. The van der Waals surface area contributed by atoms with Gasteiger partial charge >= 0.3 is 0 Å². The molecule has 180 valence electrons. The smallest absolute Gasteiger partial charge is 0.165 e. The van der Waals surface area contributed by atoms with Crippen LogP contribution in [0.2, 0.25) is 0 Å². The highest BCUT2D eigenvalue weighted by Crippen LogP contribution is 2.53. The minimum atomic E-state index is 0.193. The molecule has 4 nitrogen and oxygen atoms in total. The molecular formula is C28H46N2O2. The summed E-state index contributed by atoms with van der Waals surface area (Å²) in [5.41, 5.74) is 4.25. The van der Waals surface area contributed by atoms with Crippen LogP contribution in [-0.2, 0) is 4.74 Å². The topological polar surface area (TPSA) is 32.8 Å². The van der Waals surface area contributed by atoms with Gasteiger partial charge in [-0.05, 0) is 72.7 Å². The van der Waals surface area contributed by atoms with E-state index in [1.165, 1.54) is 49.9 Å². The SMILES string of the molecule is CCCCN1CCN(c2ccc(C(=O)CCOC)cc2C2CC(C)(C)CC(C)(C)C2)CC1. The molecule has 0 bridgehead atoms. The Kier molecular flexibility index (Phi) is 8.43. The van der Waals surface area contributed by atoms with Crippen LogP contribution in [0.1, 0.15) is 95.0 Å². The predicted octanol–water partition coefficient (Wildman–Crippen LogP) is 6.15. The molecule has 1 aromatic rings. The van der Waals surface area contributed by atoms with Gasteiger partial charge in [-0.3, -0.25) is 9.69 Å². The summed E-state index contributed by atoms with van der Waals surface area (Å²) in [6, 6.07) is 6.53. The number of nitrogens with zero attached hydrogens (tertiary/aromatic N) is 2. The Hall–Kier alpha value is -1.39. The number of Topliss-reactive ketones (excluding diaryl/α,β-unsaturated/α-hetero) is 1. The van der Waals surface area contributed by atoms with Crippen molar-refractivity contribution in [2.75, 3.05) is 51.3 Å². The molecule has 1 saturated carbocycles. The molecule has 0 radical (unpaired) electrons. The molecule has 0 aromatic heterocycles. The van der Waals surface area contributed by atoms with Crippen molar-refractivity contribution in [3.05, 3.63) is 29.3 Å². The van der Waals surface area contributed by atoms with E-state index in [1.807, 2.05) is 0 Å². The standard InChI is InChI=1S/C28H46N2O2/c1-7-8-12-29-13-15-30(16-14-29)25-10-9-22(26(31)11-17-32-6)18-24(25)23-19-27(2,3)21-28(4,5)20-23/h9-10,18,23H,7-8,11-17,19-21H2,1-6H3. The first kappa shape index (κ1) is 25.2. The lowest BCUT2D eigenvalue weighted by molar-refractivity contribution is 0.0931. The highest BCUT2D eigenvalue weighted by molar-refractivity contribution is 5.96. The summed E-state index contributed by atoms with van der Waals surface area (Å²) in [4.78, 5) is 18.0. The number of ketones is 1. The van der Waals surface area contributed by atoms with Gasteiger partial charge in [0.15, 0.2) is 5.78 Å². The van der Waals surface area contributed by atoms with Crippen molar-refractivity contribution in [2.45, 2.75) is 79.1 Å². The fourth-order valence-corrected chi connectivity index (χ4v) is 6.34. The summed E-state index contributed by atoms with van der Waals surface area (Å²) < 4.78 is 5.16. The molecule has 0 amide bonds. The minimum Gasteiger partial charge on any atom is -0.384 e. The van der Waals surface area contributed by atoms with Gasteiger partial charge in [0.05, 0.1) is 6.61 Å². The first-order chi connectivity index (χ1) is 15.1. The summed E-state index contributed by atoms with van der Waals surface area (Å²) in [6.07, 6.45) is 6.64. The first-order valence-electron chi connectivity index (χ1n) is 12.8. The van der Waals surface area contributed by atoms with E-state index in [0.29, 0.717) is 29.8 Å². The number of carbonyl (C=O) groups is 1. The van der Waals surface area contributed by atoms with Gasteiger partial charge in [-0.2, -0.15) is 0 Å². The lowest BCUT2D eigenvalue weighted by Crippen LogP contribution is -2.47. The van der Waals surface area contributed by atoms with Crippen molar-refractivity contribution in [1.29, 1.82) is 0 Å². The number of hydrogen-bond acceptors (Lipinski definition) is 4. The Morgan fingerprint density at radius 3 is 2.31 bits per heavy atom. The zero-order valence-electron chi connectivity index (χ0n) is 21.5. The van der Waals surface area contributed by atoms with Gasteiger partial charge in [0.1, 0.15) is 0 Å². The number of piperazine rings is 1. The average molecular weight is 443 g/mol. The summed E-state index contributed by atoms with van der Waals surface area (Å²) in [7, 11) is 1.66. The fourth-order valence-electron chi connectivity index (χ4n) is 6.34. The largest absolute Gasteiger partial charge is 0.384 e. The third-order valence-electron chi connectivity index (χ3n) is 7.42. The predicted molar refractivity (Wildman–Crippen MR) is 135 cm³/mol. The Morgan fingerprint density at radius 2 is 1.72 bits per heavy atom. The Morgan fingerprint density at radius 1 is 1.06 bits per heavy atom. The average Bonchev–Trinajstić information content (AvgIpc) is 2.74. The van der Waals surface area contributed by atoms with Crippen LogP contribution in [0.5, 0.6) is 0 Å². The molecule has 1 aliphatic heterocycles. The quantitative estimate of drug-likeness (QED) is 0.430. The van der Waals surface area contributed by atoms with Gasteiger partial charge in [-0.1, -0.05) is 41.0 Å². The maximum Gasteiger partial charge on any atom is 0.165 e. The van der Waals surface area contributed by atoms with E-state index in [1.54, 1.807) is 7.11 Å². The number of unbranched alkanes of at least 4 members (excludes halogenated alkanes) is 1. The second-order valence-electron chi connectivity index (χ2n) is 11.7. The van der Waals surface area contributed by atoms with Crippen molar-refractivity contribution in [3.8, 4) is 0 Å². The molecule has 32 heavy (non-hydrogen) atoms. The fraction of sp³-hybridized carbons (Fsp3) is 0.750. The van der Waals surface area contributed by atoms with Gasteiger partial charge in [0.2, 0.25) is 0 Å². The van der Waals surface area contributed by atoms with E-state index in [9.17, 15) is 4.79 Å². The van der Waals surface area contributed by atoms with Crippen molar-refractivity contribution in [1.82, 2.24) is 4.90 Å². The molecule has 4 heteroatoms. The number of rotatable bonds is 9. The van der Waals surface area contributed by atoms with Gasteiger partial charge in [-0.15, -0.1) is 0 Å². The molecule has 1 heterocycles. The summed E-state index contributed by atoms with van der Waals surface area (Å²) in [5, 5.41) is 0. The number of hydrogen-bond donors (Lipinski definition) is 0. The number of anilines is 1. The monoisotopic (exact) mass is 442 g/mol. The van der Waals surface area contributed by atoms with Crippen LogP contribution in [-0.4, -0.2) is 57.1 Å². The van der Waals surface area contributed by atoms with Crippen molar-refractivity contribution in [2.24, 2.45) is 10.8 Å². The van der Waals surface area contributed by atoms with E-state index in [4.69, 9.17) is 4.74 Å². The van der Waals surface area contributed by atoms with E-state index < -0.39 is 0 Å². The highest BCUT2D eigenvalue weighted by Gasteiger charge is 2.40. The lowest BCUT2D eigenvalue weighted by atomic mass is 9.60. The lowest BCUT2D eigenvalue weighted by Gasteiger charge is -2.46. The van der Waals surface area contributed by atoms with E-state index in [-0.39, 0.29) is 5.78 Å². The van der Waals surface area contributed by atoms with E-state index in [2.05, 4.69) is 62.6 Å². The van der Waals surface area contributed by atoms with Crippen LogP contribution in [0.15, 0.2) is 18.2 Å². The molecule has 0 unspecified atom stereocenters. The molecule has 1 saturated heterocycles. The molecule has 1 aliphatic carbocycles. The maximum absolute atomic E-state index is 12.8. The third-order valence-corrected chi connectivity index (χ3v) is 7.42. The second-order valence-corrected chi connectivity index (χ2v) is 11.7. The number of methoxy groups -OCH3 is 1. The third kappa shape index (κ3) is 6.57. The molecule has 1 aromatic carbocycles. The summed E-state index contributed by atoms with van der Waals surface area (Å²) in [6.45, 7) is 18.1. The van der Waals surface area contributed by atoms with Gasteiger partial charge in [-0.25, -0.2) is 0 Å². The first-order valence-corrected chi connectivity index (χ1v) is 12.8. The minimum absolute atomic E-state index is 0.193. The molecule has 3 rings (SSSR count). The maximum atomic E-state index is 12.8.